The molecule has 1 unspecified atom stereocenters. The van der Waals surface area contributed by atoms with E-state index in [2.05, 4.69) is 4.99 Å². The van der Waals surface area contributed by atoms with E-state index in [1.807, 2.05) is 60.7 Å². The number of allylic oxidation sites excluding steroid dienone is 1. The lowest BCUT2D eigenvalue weighted by Crippen LogP contribution is -2.53. The summed E-state index contributed by atoms with van der Waals surface area (Å²) in [5.74, 6) is 8.38. The molecule has 1 amide bonds. The number of primary amides is 1. The van der Waals surface area contributed by atoms with E-state index in [0.717, 1.165) is 16.9 Å². The summed E-state index contributed by atoms with van der Waals surface area (Å²) in [5, 5.41) is 0. The van der Waals surface area contributed by atoms with Crippen molar-refractivity contribution in [2.75, 3.05) is 0 Å². The van der Waals surface area contributed by atoms with Crippen molar-refractivity contribution in [2.45, 2.75) is 0 Å². The standard InChI is InChI=1S/C25H19N5O2/c26-24(31)19-6-4-5-18(15-19)23-22-16-28-13-14-30(22,27)25(29-23)17-9-11-21(12-10-17)32-20-7-2-1-3-8-20/h1-16H,27H2,(H-,26,31)/p+1. The van der Waals surface area contributed by atoms with E-state index in [1.165, 1.54) is 0 Å². The topological polar surface area (TPSA) is 103 Å². The molecule has 0 spiro atoms. The number of carbonyl (C=O) groups excluding carboxylic acids is 1. The van der Waals surface area contributed by atoms with Gasteiger partial charge < -0.3 is 10.5 Å². The van der Waals surface area contributed by atoms with Crippen LogP contribution in [0.1, 0.15) is 21.5 Å². The van der Waals surface area contributed by atoms with Crippen LogP contribution in [0.15, 0.2) is 107 Å². The summed E-state index contributed by atoms with van der Waals surface area (Å²) in [5.41, 5.74) is 8.79. The number of hydrogen-bond donors (Lipinski definition) is 2. The molecular weight excluding hydrogens is 402 g/mol. The monoisotopic (exact) mass is 422 g/mol. The number of aliphatic imine (C=N–C) groups is 2. The summed E-state index contributed by atoms with van der Waals surface area (Å²) >= 11 is 0. The van der Waals surface area contributed by atoms with E-state index >= 15 is 0 Å². The van der Waals surface area contributed by atoms with Crippen LogP contribution in [0.5, 0.6) is 11.5 Å². The molecule has 3 aromatic rings. The molecule has 2 heterocycles. The molecule has 0 radical (unpaired) electrons. The van der Waals surface area contributed by atoms with E-state index in [0.29, 0.717) is 28.5 Å². The van der Waals surface area contributed by atoms with Gasteiger partial charge in [-0.2, -0.15) is 10.8 Å². The maximum Gasteiger partial charge on any atom is 0.265 e. The highest BCUT2D eigenvalue weighted by atomic mass is 16.5. The Hall–Kier alpha value is -4.33. The van der Waals surface area contributed by atoms with E-state index in [-0.39, 0.29) is 4.59 Å². The van der Waals surface area contributed by atoms with Crippen molar-refractivity contribution >= 4 is 23.7 Å². The average Bonchev–Trinajstić information content (AvgIpc) is 3.13. The smallest absolute Gasteiger partial charge is 0.265 e. The Bertz CT molecular complexity index is 1320. The van der Waals surface area contributed by atoms with Crippen molar-refractivity contribution < 1.29 is 14.1 Å². The Labute approximate surface area is 184 Å². The highest BCUT2D eigenvalue weighted by molar-refractivity contribution is 6.07. The molecule has 7 heteroatoms. The predicted octanol–water partition coefficient (Wildman–Crippen LogP) is 3.95. The van der Waals surface area contributed by atoms with Crippen LogP contribution in [-0.4, -0.2) is 22.5 Å². The highest BCUT2D eigenvalue weighted by Gasteiger charge is 2.44. The van der Waals surface area contributed by atoms with Gasteiger partial charge in [0.25, 0.3) is 5.84 Å². The first kappa shape index (κ1) is 19.6. The van der Waals surface area contributed by atoms with Gasteiger partial charge in [-0.05, 0) is 48.5 Å². The molecule has 2 aliphatic heterocycles. The molecule has 0 bridgehead atoms. The molecule has 3 aromatic carbocycles. The van der Waals surface area contributed by atoms with Crippen molar-refractivity contribution in [3.63, 3.8) is 0 Å². The Balaban J connectivity index is 1.52. The minimum Gasteiger partial charge on any atom is -0.457 e. The number of hydrogen-bond acceptors (Lipinski definition) is 5. The maximum absolute atomic E-state index is 11.7. The van der Waals surface area contributed by atoms with Gasteiger partial charge in [0.05, 0.1) is 18.0 Å². The molecule has 1 atom stereocenters. The molecule has 32 heavy (non-hydrogen) atoms. The average molecular weight is 422 g/mol. The Morgan fingerprint density at radius 2 is 1.62 bits per heavy atom. The summed E-state index contributed by atoms with van der Waals surface area (Å²) in [6, 6.07) is 24.2. The third-order valence-electron chi connectivity index (χ3n) is 5.31. The fourth-order valence-electron chi connectivity index (χ4n) is 3.71. The Morgan fingerprint density at radius 1 is 0.875 bits per heavy atom. The van der Waals surface area contributed by atoms with Crippen LogP contribution < -0.4 is 16.3 Å². The summed E-state index contributed by atoms with van der Waals surface area (Å²) in [6.45, 7) is 0. The summed E-state index contributed by atoms with van der Waals surface area (Å²) in [4.78, 5) is 20.8. The van der Waals surface area contributed by atoms with Crippen LogP contribution in [0.3, 0.4) is 0 Å². The lowest BCUT2D eigenvalue weighted by atomic mass is 10.1. The van der Waals surface area contributed by atoms with Crippen LogP contribution in [0.2, 0.25) is 0 Å². The maximum atomic E-state index is 11.7. The zero-order valence-electron chi connectivity index (χ0n) is 17.1. The second-order valence-corrected chi connectivity index (χ2v) is 7.41. The van der Waals surface area contributed by atoms with E-state index < -0.39 is 5.91 Å². The van der Waals surface area contributed by atoms with E-state index in [9.17, 15) is 4.79 Å². The van der Waals surface area contributed by atoms with Gasteiger partial charge in [0.15, 0.2) is 0 Å². The van der Waals surface area contributed by atoms with Crippen LogP contribution in [0.25, 0.3) is 5.70 Å². The number of para-hydroxylation sites is 1. The van der Waals surface area contributed by atoms with Gasteiger partial charge >= 0.3 is 0 Å². The molecule has 4 N–H and O–H groups in total. The van der Waals surface area contributed by atoms with Crippen molar-refractivity contribution in [3.05, 3.63) is 114 Å². The number of carbonyl (C=O) groups is 1. The van der Waals surface area contributed by atoms with Crippen LogP contribution in [0, 0.1) is 0 Å². The van der Waals surface area contributed by atoms with Gasteiger partial charge in [-0.15, -0.1) is 4.59 Å². The van der Waals surface area contributed by atoms with Crippen LogP contribution in [-0.2, 0) is 0 Å². The number of nitrogens with zero attached hydrogens (tertiary/aromatic N) is 3. The SMILES string of the molecule is NC(=O)c1cccc(C2=C3C=NC=C[N+]3(N)C(c3ccc(Oc4ccccc4)cc3)=N2)c1. The molecule has 2 aliphatic rings. The fourth-order valence-corrected chi connectivity index (χ4v) is 3.71. The lowest BCUT2D eigenvalue weighted by molar-refractivity contribution is -0.749. The summed E-state index contributed by atoms with van der Waals surface area (Å²) < 4.78 is 5.76. The summed E-state index contributed by atoms with van der Waals surface area (Å²) in [6.07, 6.45) is 5.11. The molecule has 7 nitrogen and oxygen atoms in total. The molecule has 0 saturated carbocycles. The number of ether oxygens (including phenoxy) is 1. The van der Waals surface area contributed by atoms with Gasteiger partial charge in [-0.3, -0.25) is 9.79 Å². The highest BCUT2D eigenvalue weighted by Crippen LogP contribution is 2.36. The normalized spacial score (nSPS) is 19.0. The predicted molar refractivity (Wildman–Crippen MR) is 123 cm³/mol. The number of amidine groups is 1. The quantitative estimate of drug-likeness (QED) is 0.481. The first-order valence-electron chi connectivity index (χ1n) is 10.0. The third-order valence-corrected chi connectivity index (χ3v) is 5.31. The van der Waals surface area contributed by atoms with Crippen molar-refractivity contribution in [1.29, 1.82) is 0 Å². The number of benzene rings is 3. The third kappa shape index (κ3) is 3.41. The van der Waals surface area contributed by atoms with Crippen LogP contribution >= 0.6 is 0 Å². The minimum atomic E-state index is -0.501. The zero-order chi connectivity index (χ0) is 22.1. The molecule has 0 fully saturated rings. The minimum absolute atomic E-state index is 0.126. The molecular formula is C25H20N5O2+. The zero-order valence-corrected chi connectivity index (χ0v) is 17.1. The van der Waals surface area contributed by atoms with E-state index in [1.54, 1.807) is 36.8 Å². The lowest BCUT2D eigenvalue weighted by Gasteiger charge is -2.26. The van der Waals surface area contributed by atoms with Crippen molar-refractivity contribution in [1.82, 2.24) is 0 Å². The summed E-state index contributed by atoms with van der Waals surface area (Å²) in [7, 11) is 0. The first-order chi connectivity index (χ1) is 15.5. The second kappa shape index (κ2) is 7.73. The number of quaternary nitrogens is 1. The van der Waals surface area contributed by atoms with Gasteiger partial charge in [0.1, 0.15) is 23.4 Å². The van der Waals surface area contributed by atoms with Crippen LogP contribution in [0.4, 0.5) is 0 Å². The first-order valence-corrected chi connectivity index (χ1v) is 10.0. The van der Waals surface area contributed by atoms with Gasteiger partial charge in [0.2, 0.25) is 11.6 Å². The Kier molecular flexibility index (Phi) is 4.74. The molecule has 0 aliphatic carbocycles. The van der Waals surface area contributed by atoms with Gasteiger partial charge in [-0.1, -0.05) is 30.3 Å². The number of nitrogens with two attached hydrogens (primary N) is 2. The number of rotatable bonds is 5. The molecule has 0 saturated heterocycles. The molecule has 0 aromatic heterocycles. The van der Waals surface area contributed by atoms with Crippen molar-refractivity contribution in [2.24, 2.45) is 21.6 Å². The van der Waals surface area contributed by atoms with Gasteiger partial charge in [0, 0.05) is 11.1 Å². The second-order valence-electron chi connectivity index (χ2n) is 7.41. The molecule has 5 rings (SSSR count). The largest absolute Gasteiger partial charge is 0.457 e. The van der Waals surface area contributed by atoms with E-state index in [4.69, 9.17) is 21.3 Å². The fraction of sp³-hybridized carbons (Fsp3) is 0. The number of fused-ring (bicyclic) bond motifs is 1. The van der Waals surface area contributed by atoms with Crippen molar-refractivity contribution in [3.8, 4) is 11.5 Å². The Morgan fingerprint density at radius 3 is 2.38 bits per heavy atom. The number of amides is 1. The molecule has 156 valence electrons. The van der Waals surface area contributed by atoms with Gasteiger partial charge in [-0.25, -0.2) is 0 Å².